The predicted octanol–water partition coefficient (Wildman–Crippen LogP) is 2.72. The summed E-state index contributed by atoms with van der Waals surface area (Å²) in [5, 5.41) is 0. The smallest absolute Gasteiger partial charge is 0.171 e. The number of rotatable bonds is 2. The van der Waals surface area contributed by atoms with Crippen molar-refractivity contribution in [1.29, 1.82) is 0 Å². The van der Waals surface area contributed by atoms with Gasteiger partial charge in [-0.3, -0.25) is 9.59 Å². The highest BCUT2D eigenvalue weighted by Gasteiger charge is 2.40. The Kier molecular flexibility index (Phi) is 3.38. The van der Waals surface area contributed by atoms with E-state index in [1.54, 1.807) is 36.5 Å². The maximum absolute atomic E-state index is 12.4. The lowest BCUT2D eigenvalue weighted by molar-refractivity contribution is -0.127. The van der Waals surface area contributed by atoms with Crippen LogP contribution in [0.4, 0.5) is 0 Å². The van der Waals surface area contributed by atoms with E-state index >= 15 is 0 Å². The van der Waals surface area contributed by atoms with Crippen LogP contribution in [0.15, 0.2) is 72.9 Å². The predicted molar refractivity (Wildman–Crippen MR) is 71.8 cm³/mol. The van der Waals surface area contributed by atoms with Crippen LogP contribution in [0.1, 0.15) is 0 Å². The minimum atomic E-state index is -0.379. The summed E-state index contributed by atoms with van der Waals surface area (Å²) in [6.45, 7) is 7.18. The third-order valence-electron chi connectivity index (χ3n) is 3.13. The van der Waals surface area contributed by atoms with Gasteiger partial charge in [-0.15, -0.1) is 0 Å². The molecule has 0 heterocycles. The maximum Gasteiger partial charge on any atom is 0.171 e. The number of fused-ring (bicyclic) bond motifs is 1. The zero-order valence-electron chi connectivity index (χ0n) is 10.0. The molecule has 2 nitrogen and oxygen atoms in total. The van der Waals surface area contributed by atoms with Crippen LogP contribution >= 0.6 is 0 Å². The Bertz CT molecular complexity index is 491. The number of Topliss-reactive ketones (excluding diaryl/α,β-unsaturated/α-hetero) is 2. The van der Waals surface area contributed by atoms with Crippen molar-refractivity contribution in [2.24, 2.45) is 11.8 Å². The Labute approximate surface area is 106 Å². The molecule has 0 radical (unpaired) electrons. The van der Waals surface area contributed by atoms with Gasteiger partial charge >= 0.3 is 0 Å². The molecule has 2 rings (SSSR count). The lowest BCUT2D eigenvalue weighted by atomic mass is 9.70. The first-order valence-corrected chi connectivity index (χ1v) is 5.80. The van der Waals surface area contributed by atoms with Crippen LogP contribution in [0, 0.1) is 11.8 Å². The Morgan fingerprint density at radius 3 is 1.56 bits per heavy atom. The van der Waals surface area contributed by atoms with E-state index in [0.717, 1.165) is 0 Å². The zero-order valence-corrected chi connectivity index (χ0v) is 10.0. The fourth-order valence-electron chi connectivity index (χ4n) is 2.31. The van der Waals surface area contributed by atoms with E-state index in [0.29, 0.717) is 11.1 Å². The van der Waals surface area contributed by atoms with Gasteiger partial charge < -0.3 is 0 Å². The quantitative estimate of drug-likeness (QED) is 0.693. The molecule has 0 N–H and O–H groups in total. The van der Waals surface area contributed by atoms with Gasteiger partial charge in [-0.2, -0.15) is 0 Å². The van der Waals surface area contributed by atoms with Crippen LogP contribution in [0.3, 0.4) is 0 Å². The Hall–Kier alpha value is -2.22. The van der Waals surface area contributed by atoms with Gasteiger partial charge in [0.05, 0.1) is 11.8 Å². The molecular weight excluding hydrogens is 224 g/mol. The standard InChI is InChI=1S/C16H14O2/c1-3-7-11-12(8-4-2)16(18)14-10-6-5-9-13(14)15(11)17/h3-10,13-14H,1-2H2/b11-7+,12-8+. The molecule has 2 atom stereocenters. The van der Waals surface area contributed by atoms with Gasteiger partial charge in [0.15, 0.2) is 11.6 Å². The fourth-order valence-corrected chi connectivity index (χ4v) is 2.31. The molecule has 0 aromatic carbocycles. The topological polar surface area (TPSA) is 34.1 Å². The van der Waals surface area contributed by atoms with Crippen LogP contribution in [-0.4, -0.2) is 11.6 Å². The van der Waals surface area contributed by atoms with Crippen molar-refractivity contribution in [3.63, 3.8) is 0 Å². The van der Waals surface area contributed by atoms with E-state index < -0.39 is 0 Å². The summed E-state index contributed by atoms with van der Waals surface area (Å²) in [5.74, 6) is -0.826. The van der Waals surface area contributed by atoms with Crippen LogP contribution in [0.5, 0.6) is 0 Å². The Morgan fingerprint density at radius 2 is 1.22 bits per heavy atom. The minimum absolute atomic E-state index is 0.0341. The van der Waals surface area contributed by atoms with E-state index in [2.05, 4.69) is 13.2 Å². The molecule has 2 aliphatic carbocycles. The van der Waals surface area contributed by atoms with Crippen molar-refractivity contribution < 1.29 is 9.59 Å². The number of hydrogen-bond acceptors (Lipinski definition) is 2. The maximum atomic E-state index is 12.4. The lowest BCUT2D eigenvalue weighted by Gasteiger charge is -2.29. The molecule has 1 fully saturated rings. The largest absolute Gasteiger partial charge is 0.293 e. The number of allylic oxidation sites excluding steroid dienone is 10. The van der Waals surface area contributed by atoms with Crippen molar-refractivity contribution in [3.05, 3.63) is 72.9 Å². The summed E-state index contributed by atoms with van der Waals surface area (Å²) < 4.78 is 0. The second-order valence-corrected chi connectivity index (χ2v) is 4.18. The van der Waals surface area contributed by atoms with Gasteiger partial charge in [0.25, 0.3) is 0 Å². The molecule has 0 bridgehead atoms. The molecule has 0 amide bonds. The van der Waals surface area contributed by atoms with E-state index in [1.165, 1.54) is 12.2 Å². The average Bonchev–Trinajstić information content (AvgIpc) is 2.40. The highest BCUT2D eigenvalue weighted by atomic mass is 16.1. The first-order chi connectivity index (χ1) is 8.70. The summed E-state index contributed by atoms with van der Waals surface area (Å²) in [4.78, 5) is 24.7. The van der Waals surface area contributed by atoms with Crippen LogP contribution in [0.2, 0.25) is 0 Å². The summed E-state index contributed by atoms with van der Waals surface area (Å²) in [7, 11) is 0. The summed E-state index contributed by atoms with van der Waals surface area (Å²) in [6, 6.07) is 0. The van der Waals surface area contributed by atoms with E-state index in [1.807, 2.05) is 0 Å². The third-order valence-corrected chi connectivity index (χ3v) is 3.13. The molecule has 90 valence electrons. The van der Waals surface area contributed by atoms with Crippen LogP contribution < -0.4 is 0 Å². The molecule has 2 heteroatoms. The molecule has 0 aliphatic heterocycles. The SMILES string of the molecule is C=C/C=C1/C(=O)C2C=CC=CC2C(=O)/C1=C/C=C. The number of carbonyl (C=O) groups excluding carboxylic acids is 2. The van der Waals surface area contributed by atoms with Gasteiger partial charge in [-0.05, 0) is 0 Å². The van der Waals surface area contributed by atoms with E-state index in [9.17, 15) is 9.59 Å². The monoisotopic (exact) mass is 238 g/mol. The first kappa shape index (κ1) is 12.2. The molecule has 18 heavy (non-hydrogen) atoms. The van der Waals surface area contributed by atoms with Crippen molar-refractivity contribution in [2.75, 3.05) is 0 Å². The summed E-state index contributed by atoms with van der Waals surface area (Å²) in [5.41, 5.74) is 0.854. The van der Waals surface area contributed by atoms with Gasteiger partial charge in [-0.25, -0.2) is 0 Å². The molecule has 0 saturated heterocycles. The van der Waals surface area contributed by atoms with E-state index in [4.69, 9.17) is 0 Å². The third kappa shape index (κ3) is 1.86. The second kappa shape index (κ2) is 4.96. The van der Waals surface area contributed by atoms with Crippen molar-refractivity contribution >= 4 is 11.6 Å². The average molecular weight is 238 g/mol. The first-order valence-electron chi connectivity index (χ1n) is 5.80. The van der Waals surface area contributed by atoms with Crippen molar-refractivity contribution in [2.45, 2.75) is 0 Å². The number of ketones is 2. The Balaban J connectivity index is 2.55. The summed E-state index contributed by atoms with van der Waals surface area (Å²) >= 11 is 0. The Morgan fingerprint density at radius 1 is 0.833 bits per heavy atom. The van der Waals surface area contributed by atoms with Crippen LogP contribution in [0.25, 0.3) is 0 Å². The highest BCUT2D eigenvalue weighted by Crippen LogP contribution is 2.35. The molecule has 2 aliphatic rings. The van der Waals surface area contributed by atoms with Crippen LogP contribution in [-0.2, 0) is 9.59 Å². The van der Waals surface area contributed by atoms with Gasteiger partial charge in [0, 0.05) is 11.1 Å². The second-order valence-electron chi connectivity index (χ2n) is 4.18. The molecule has 0 aromatic rings. The van der Waals surface area contributed by atoms with Gasteiger partial charge in [-0.1, -0.05) is 61.8 Å². The van der Waals surface area contributed by atoms with Gasteiger partial charge in [0.1, 0.15) is 0 Å². The molecule has 0 aromatic heterocycles. The van der Waals surface area contributed by atoms with Gasteiger partial charge in [0.2, 0.25) is 0 Å². The van der Waals surface area contributed by atoms with Crippen molar-refractivity contribution in [3.8, 4) is 0 Å². The highest BCUT2D eigenvalue weighted by molar-refractivity contribution is 6.20. The molecule has 1 saturated carbocycles. The summed E-state index contributed by atoms with van der Waals surface area (Å²) in [6.07, 6.45) is 13.4. The molecule has 2 unspecified atom stereocenters. The number of hydrogen-bond donors (Lipinski definition) is 0. The van der Waals surface area contributed by atoms with E-state index in [-0.39, 0.29) is 23.4 Å². The molecular formula is C16H14O2. The number of carbonyl (C=O) groups is 2. The molecule has 0 spiro atoms. The zero-order chi connectivity index (χ0) is 13.1. The normalized spacial score (nSPS) is 30.7. The van der Waals surface area contributed by atoms with Crippen molar-refractivity contribution in [1.82, 2.24) is 0 Å². The fraction of sp³-hybridized carbons (Fsp3) is 0.125. The minimum Gasteiger partial charge on any atom is -0.293 e. The lowest BCUT2D eigenvalue weighted by Crippen LogP contribution is -2.37.